The molecule has 7 heteroatoms. The number of amides is 2. The van der Waals surface area contributed by atoms with Gasteiger partial charge in [0.15, 0.2) is 4.34 Å². The molecule has 1 aliphatic rings. The van der Waals surface area contributed by atoms with Crippen LogP contribution in [0, 0.1) is 13.8 Å². The third-order valence-electron chi connectivity index (χ3n) is 3.21. The van der Waals surface area contributed by atoms with Crippen LogP contribution < -0.4 is 4.90 Å². The van der Waals surface area contributed by atoms with Gasteiger partial charge in [0.05, 0.1) is 5.69 Å². The van der Waals surface area contributed by atoms with Crippen molar-refractivity contribution in [1.82, 2.24) is 10.2 Å². The van der Waals surface area contributed by atoms with Crippen molar-refractivity contribution in [2.45, 2.75) is 29.9 Å². The fourth-order valence-corrected chi connectivity index (χ4v) is 4.29. The zero-order valence-electron chi connectivity index (χ0n) is 11.6. The number of thioether (sulfide) groups is 1. The smallest absolute Gasteiger partial charge is 0.247 e. The Bertz CT molecular complexity index is 714. The van der Waals surface area contributed by atoms with Crippen LogP contribution in [0.5, 0.6) is 0 Å². The van der Waals surface area contributed by atoms with E-state index in [1.807, 2.05) is 32.0 Å². The molecule has 3 rings (SSSR count). The molecule has 2 heterocycles. The number of carbonyl (C=O) groups is 2. The minimum atomic E-state index is -0.413. The van der Waals surface area contributed by atoms with E-state index in [4.69, 9.17) is 0 Å². The highest BCUT2D eigenvalue weighted by atomic mass is 32.2. The lowest BCUT2D eigenvalue weighted by molar-refractivity contribution is -0.121. The molecule has 1 unspecified atom stereocenters. The molecule has 1 aromatic heterocycles. The van der Waals surface area contributed by atoms with E-state index in [1.54, 1.807) is 6.07 Å². The van der Waals surface area contributed by atoms with E-state index in [-0.39, 0.29) is 18.2 Å². The summed E-state index contributed by atoms with van der Waals surface area (Å²) in [6.07, 6.45) is 0.205. The van der Waals surface area contributed by atoms with Gasteiger partial charge in [-0.1, -0.05) is 41.3 Å². The topological polar surface area (TPSA) is 63.2 Å². The van der Waals surface area contributed by atoms with Crippen LogP contribution in [-0.2, 0) is 9.59 Å². The van der Waals surface area contributed by atoms with E-state index in [9.17, 15) is 9.59 Å². The number of hydrogen-bond donors (Lipinski definition) is 0. The molecule has 0 spiro atoms. The summed E-state index contributed by atoms with van der Waals surface area (Å²) < 4.78 is 0.727. The summed E-state index contributed by atoms with van der Waals surface area (Å²) in [6, 6.07) is 7.41. The van der Waals surface area contributed by atoms with Crippen molar-refractivity contribution in [2.24, 2.45) is 0 Å². The summed E-state index contributed by atoms with van der Waals surface area (Å²) in [4.78, 5) is 26.0. The largest absolute Gasteiger partial charge is 0.274 e. The molecule has 2 aromatic rings. The average Bonchev–Trinajstić information content (AvgIpc) is 2.96. The van der Waals surface area contributed by atoms with E-state index in [0.29, 0.717) is 5.69 Å². The maximum absolute atomic E-state index is 12.5. The first kappa shape index (κ1) is 14.2. The number of aryl methyl sites for hydroxylation is 2. The van der Waals surface area contributed by atoms with Crippen LogP contribution in [0.3, 0.4) is 0 Å². The number of carbonyl (C=O) groups excluding carboxylic acids is 2. The molecule has 1 aromatic carbocycles. The first-order valence-electron chi connectivity index (χ1n) is 6.45. The Labute approximate surface area is 130 Å². The summed E-state index contributed by atoms with van der Waals surface area (Å²) in [5, 5.41) is 8.37. The third kappa shape index (κ3) is 2.71. The first-order chi connectivity index (χ1) is 10.1. The predicted octanol–water partition coefficient (Wildman–Crippen LogP) is 2.58. The van der Waals surface area contributed by atoms with Gasteiger partial charge in [0.1, 0.15) is 10.3 Å². The zero-order valence-corrected chi connectivity index (χ0v) is 13.2. The Morgan fingerprint density at radius 3 is 2.67 bits per heavy atom. The molecule has 5 nitrogen and oxygen atoms in total. The monoisotopic (exact) mass is 319 g/mol. The van der Waals surface area contributed by atoms with Crippen LogP contribution >= 0.6 is 23.1 Å². The van der Waals surface area contributed by atoms with Crippen LogP contribution in [0.25, 0.3) is 0 Å². The molecule has 0 aliphatic carbocycles. The molecule has 108 valence electrons. The van der Waals surface area contributed by atoms with Gasteiger partial charge in [0.25, 0.3) is 0 Å². The van der Waals surface area contributed by atoms with Crippen LogP contribution in [0.2, 0.25) is 0 Å². The van der Waals surface area contributed by atoms with Crippen molar-refractivity contribution in [3.8, 4) is 0 Å². The van der Waals surface area contributed by atoms with Gasteiger partial charge >= 0.3 is 0 Å². The molecule has 0 N–H and O–H groups in total. The fraction of sp³-hybridized carbons (Fsp3) is 0.286. The standard InChI is InChI=1S/C14H13N3O2S2/c1-8-5-3-4-6-10(8)17-12(18)7-11(13(17)19)21-14-16-15-9(2)20-14/h3-6,11H,7H2,1-2H3. The van der Waals surface area contributed by atoms with E-state index in [2.05, 4.69) is 10.2 Å². The van der Waals surface area contributed by atoms with Gasteiger partial charge < -0.3 is 0 Å². The van der Waals surface area contributed by atoms with Gasteiger partial charge in [-0.2, -0.15) is 0 Å². The summed E-state index contributed by atoms with van der Waals surface area (Å²) in [5.74, 6) is -0.333. The SMILES string of the molecule is Cc1nnc(SC2CC(=O)N(c3ccccc3C)C2=O)s1. The number of para-hydroxylation sites is 1. The Morgan fingerprint density at radius 2 is 2.00 bits per heavy atom. The van der Waals surface area contributed by atoms with Gasteiger partial charge in [-0.15, -0.1) is 10.2 Å². The Hall–Kier alpha value is -1.73. The predicted molar refractivity (Wildman–Crippen MR) is 82.6 cm³/mol. The molecular weight excluding hydrogens is 306 g/mol. The molecule has 0 radical (unpaired) electrons. The lowest BCUT2D eigenvalue weighted by atomic mass is 10.2. The van der Waals surface area contributed by atoms with Crippen molar-refractivity contribution in [3.05, 3.63) is 34.8 Å². The highest BCUT2D eigenvalue weighted by molar-refractivity contribution is 8.02. The Morgan fingerprint density at radius 1 is 1.24 bits per heavy atom. The lowest BCUT2D eigenvalue weighted by Crippen LogP contribution is -2.31. The second-order valence-electron chi connectivity index (χ2n) is 4.75. The zero-order chi connectivity index (χ0) is 15.0. The Balaban J connectivity index is 1.84. The Kier molecular flexibility index (Phi) is 3.77. The fourth-order valence-electron chi connectivity index (χ4n) is 2.21. The molecule has 1 saturated heterocycles. The average molecular weight is 319 g/mol. The number of anilines is 1. The van der Waals surface area contributed by atoms with Gasteiger partial charge in [0, 0.05) is 6.42 Å². The van der Waals surface area contributed by atoms with Gasteiger partial charge in [-0.05, 0) is 25.5 Å². The number of imide groups is 1. The number of aromatic nitrogens is 2. The van der Waals surface area contributed by atoms with E-state index >= 15 is 0 Å². The lowest BCUT2D eigenvalue weighted by Gasteiger charge is -2.16. The van der Waals surface area contributed by atoms with Crippen LogP contribution in [0.15, 0.2) is 28.6 Å². The second kappa shape index (κ2) is 5.57. The molecule has 0 saturated carbocycles. The van der Waals surface area contributed by atoms with Gasteiger partial charge in [0.2, 0.25) is 11.8 Å². The summed E-state index contributed by atoms with van der Waals surface area (Å²) in [7, 11) is 0. The maximum atomic E-state index is 12.5. The van der Waals surface area contributed by atoms with Crippen molar-refractivity contribution in [3.63, 3.8) is 0 Å². The number of nitrogens with zero attached hydrogens (tertiary/aromatic N) is 3. The van der Waals surface area contributed by atoms with Crippen molar-refractivity contribution < 1.29 is 9.59 Å². The van der Waals surface area contributed by atoms with E-state index < -0.39 is 5.25 Å². The highest BCUT2D eigenvalue weighted by Crippen LogP contribution is 2.35. The second-order valence-corrected chi connectivity index (χ2v) is 7.38. The molecule has 2 amide bonds. The van der Waals surface area contributed by atoms with Crippen LogP contribution in [0.1, 0.15) is 17.0 Å². The summed E-state index contributed by atoms with van der Waals surface area (Å²) >= 11 is 2.76. The molecule has 1 aliphatic heterocycles. The number of rotatable bonds is 3. The maximum Gasteiger partial charge on any atom is 0.247 e. The third-order valence-corrected chi connectivity index (χ3v) is 5.32. The molecule has 1 atom stereocenters. The van der Waals surface area contributed by atoms with Crippen LogP contribution in [0.4, 0.5) is 5.69 Å². The van der Waals surface area contributed by atoms with Crippen molar-refractivity contribution in [2.75, 3.05) is 4.90 Å². The quantitative estimate of drug-likeness (QED) is 0.814. The van der Waals surface area contributed by atoms with Crippen LogP contribution in [-0.4, -0.2) is 27.3 Å². The summed E-state index contributed by atoms with van der Waals surface area (Å²) in [5.41, 5.74) is 1.58. The highest BCUT2D eigenvalue weighted by Gasteiger charge is 2.41. The molecule has 1 fully saturated rings. The summed E-state index contributed by atoms with van der Waals surface area (Å²) in [6.45, 7) is 3.76. The normalized spacial score (nSPS) is 18.6. The minimum absolute atomic E-state index is 0.159. The molecule has 21 heavy (non-hydrogen) atoms. The van der Waals surface area contributed by atoms with Crippen molar-refractivity contribution in [1.29, 1.82) is 0 Å². The van der Waals surface area contributed by atoms with E-state index in [0.717, 1.165) is 14.9 Å². The molecular formula is C14H13N3O2S2. The number of hydrogen-bond acceptors (Lipinski definition) is 6. The van der Waals surface area contributed by atoms with Crippen molar-refractivity contribution >= 4 is 40.6 Å². The minimum Gasteiger partial charge on any atom is -0.274 e. The van der Waals surface area contributed by atoms with E-state index in [1.165, 1.54) is 28.0 Å². The van der Waals surface area contributed by atoms with Gasteiger partial charge in [-0.25, -0.2) is 4.90 Å². The first-order valence-corrected chi connectivity index (χ1v) is 8.15. The number of benzene rings is 1. The molecule has 0 bridgehead atoms. The van der Waals surface area contributed by atoms with Gasteiger partial charge in [-0.3, -0.25) is 9.59 Å².